The Hall–Kier alpha value is -2.57. The Labute approximate surface area is 156 Å². The largest absolute Gasteiger partial charge is 0.465 e. The monoisotopic (exact) mass is 374 g/mol. The molecule has 2 aromatic carbocycles. The molecule has 0 radical (unpaired) electrons. The van der Waals surface area contributed by atoms with Crippen molar-refractivity contribution in [3.8, 4) is 0 Å². The van der Waals surface area contributed by atoms with Gasteiger partial charge in [-0.15, -0.1) is 0 Å². The number of esters is 1. The van der Waals surface area contributed by atoms with Gasteiger partial charge in [-0.1, -0.05) is 23.7 Å². The second-order valence-electron chi connectivity index (χ2n) is 5.76. The number of halogens is 1. The summed E-state index contributed by atoms with van der Waals surface area (Å²) in [6.07, 6.45) is 0. The highest BCUT2D eigenvalue weighted by Gasteiger charge is 2.19. The van der Waals surface area contributed by atoms with Gasteiger partial charge in [0.1, 0.15) is 0 Å². The number of nitrogens with one attached hydrogen (secondary N) is 1. The van der Waals surface area contributed by atoms with E-state index in [9.17, 15) is 9.59 Å². The van der Waals surface area contributed by atoms with Crippen LogP contribution >= 0.6 is 11.6 Å². The average molecular weight is 375 g/mol. The van der Waals surface area contributed by atoms with Crippen LogP contribution < -0.4 is 10.2 Å². The summed E-state index contributed by atoms with van der Waals surface area (Å²) in [7, 11) is 1.32. The van der Waals surface area contributed by atoms with Crippen molar-refractivity contribution in [3.63, 3.8) is 0 Å². The number of rotatable bonds is 4. The lowest BCUT2D eigenvalue weighted by atomic mass is 10.1. The zero-order valence-corrected chi connectivity index (χ0v) is 15.1. The van der Waals surface area contributed by atoms with E-state index in [4.69, 9.17) is 21.1 Å². The number of amides is 1. The minimum Gasteiger partial charge on any atom is -0.465 e. The Bertz CT molecular complexity index is 819. The van der Waals surface area contributed by atoms with Gasteiger partial charge in [0.15, 0.2) is 0 Å². The molecule has 1 heterocycles. The number of nitrogens with zero attached hydrogens (tertiary/aromatic N) is 1. The molecule has 26 heavy (non-hydrogen) atoms. The van der Waals surface area contributed by atoms with Crippen LogP contribution in [0, 0.1) is 0 Å². The average Bonchev–Trinajstić information content (AvgIpc) is 2.68. The Kier molecular flexibility index (Phi) is 5.75. The molecule has 1 N–H and O–H groups in total. The molecule has 2 aromatic rings. The number of ether oxygens (including phenoxy) is 2. The summed E-state index contributed by atoms with van der Waals surface area (Å²) in [6, 6.07) is 11.9. The highest BCUT2D eigenvalue weighted by Crippen LogP contribution is 2.29. The first-order chi connectivity index (χ1) is 12.6. The number of carbonyl (C=O) groups is 2. The van der Waals surface area contributed by atoms with Gasteiger partial charge in [0.05, 0.1) is 47.8 Å². The summed E-state index contributed by atoms with van der Waals surface area (Å²) < 4.78 is 10.2. The number of hydrogen-bond acceptors (Lipinski definition) is 5. The topological polar surface area (TPSA) is 67.9 Å². The van der Waals surface area contributed by atoms with Gasteiger partial charge in [0.25, 0.3) is 5.91 Å². The predicted octanol–water partition coefficient (Wildman–Crippen LogP) is 3.22. The molecule has 0 aromatic heterocycles. The van der Waals surface area contributed by atoms with Gasteiger partial charge in [-0.3, -0.25) is 4.79 Å². The number of hydrogen-bond donors (Lipinski definition) is 1. The SMILES string of the molecule is COC(=O)c1ccc(N2CCOCC2)c(NC(=O)c2ccccc2Cl)c1. The number of carbonyl (C=O) groups excluding carboxylic acids is 2. The first-order valence-electron chi connectivity index (χ1n) is 8.21. The Morgan fingerprint density at radius 2 is 1.88 bits per heavy atom. The molecule has 0 unspecified atom stereocenters. The summed E-state index contributed by atoms with van der Waals surface area (Å²) in [5.41, 5.74) is 2.07. The molecule has 1 aliphatic heterocycles. The molecule has 3 rings (SSSR count). The minimum atomic E-state index is -0.466. The molecule has 0 saturated carbocycles. The van der Waals surface area contributed by atoms with Crippen molar-refractivity contribution in [2.75, 3.05) is 43.6 Å². The van der Waals surface area contributed by atoms with E-state index in [1.54, 1.807) is 42.5 Å². The number of methoxy groups -OCH3 is 1. The first kappa shape index (κ1) is 18.2. The smallest absolute Gasteiger partial charge is 0.337 e. The molecule has 1 saturated heterocycles. The summed E-state index contributed by atoms with van der Waals surface area (Å²) in [5.74, 6) is -0.807. The zero-order chi connectivity index (χ0) is 18.5. The van der Waals surface area contributed by atoms with Gasteiger partial charge in [0.2, 0.25) is 0 Å². The molecule has 6 nitrogen and oxygen atoms in total. The molecular weight excluding hydrogens is 356 g/mol. The minimum absolute atomic E-state index is 0.341. The van der Waals surface area contributed by atoms with Crippen LogP contribution in [0.3, 0.4) is 0 Å². The maximum Gasteiger partial charge on any atom is 0.337 e. The Morgan fingerprint density at radius 3 is 2.58 bits per heavy atom. The summed E-state index contributed by atoms with van der Waals surface area (Å²) in [4.78, 5) is 26.6. The van der Waals surface area contributed by atoms with Crippen LogP contribution in [0.15, 0.2) is 42.5 Å². The first-order valence-corrected chi connectivity index (χ1v) is 8.59. The molecule has 7 heteroatoms. The molecule has 1 aliphatic rings. The lowest BCUT2D eigenvalue weighted by Gasteiger charge is -2.30. The molecule has 1 fully saturated rings. The lowest BCUT2D eigenvalue weighted by molar-refractivity contribution is 0.0600. The van der Waals surface area contributed by atoms with Crippen LogP contribution in [0.4, 0.5) is 11.4 Å². The second-order valence-corrected chi connectivity index (χ2v) is 6.16. The molecule has 0 bridgehead atoms. The van der Waals surface area contributed by atoms with E-state index in [0.29, 0.717) is 48.1 Å². The quantitative estimate of drug-likeness (QED) is 0.832. The van der Waals surface area contributed by atoms with E-state index in [1.165, 1.54) is 7.11 Å². The van der Waals surface area contributed by atoms with Crippen molar-refractivity contribution in [1.29, 1.82) is 0 Å². The Balaban J connectivity index is 1.94. The summed E-state index contributed by atoms with van der Waals surface area (Å²) in [5, 5.41) is 3.23. The fourth-order valence-electron chi connectivity index (χ4n) is 2.80. The van der Waals surface area contributed by atoms with Crippen molar-refractivity contribution in [1.82, 2.24) is 0 Å². The Morgan fingerprint density at radius 1 is 1.15 bits per heavy atom. The van der Waals surface area contributed by atoms with Gasteiger partial charge < -0.3 is 19.7 Å². The lowest BCUT2D eigenvalue weighted by Crippen LogP contribution is -2.36. The van der Waals surface area contributed by atoms with Gasteiger partial charge in [0, 0.05) is 13.1 Å². The van der Waals surface area contributed by atoms with E-state index < -0.39 is 5.97 Å². The van der Waals surface area contributed by atoms with Crippen LogP contribution in [0.1, 0.15) is 20.7 Å². The van der Waals surface area contributed by atoms with Crippen molar-refractivity contribution < 1.29 is 19.1 Å². The predicted molar refractivity (Wildman–Crippen MR) is 100 cm³/mol. The van der Waals surface area contributed by atoms with Crippen molar-refractivity contribution >= 4 is 34.9 Å². The molecule has 136 valence electrons. The standard InChI is InChI=1S/C19H19ClN2O4/c1-25-19(24)13-6-7-17(22-8-10-26-11-9-22)16(12-13)21-18(23)14-4-2-3-5-15(14)20/h2-7,12H,8-11H2,1H3,(H,21,23). The third kappa shape index (κ3) is 3.98. The van der Waals surface area contributed by atoms with E-state index in [2.05, 4.69) is 10.2 Å². The fourth-order valence-corrected chi connectivity index (χ4v) is 3.02. The maximum absolute atomic E-state index is 12.7. The van der Waals surface area contributed by atoms with Crippen molar-refractivity contribution in [3.05, 3.63) is 58.6 Å². The maximum atomic E-state index is 12.7. The van der Waals surface area contributed by atoms with Gasteiger partial charge in [-0.05, 0) is 30.3 Å². The fraction of sp³-hybridized carbons (Fsp3) is 0.263. The van der Waals surface area contributed by atoms with Crippen LogP contribution in [0.25, 0.3) is 0 Å². The highest BCUT2D eigenvalue weighted by molar-refractivity contribution is 6.34. The number of benzene rings is 2. The second kappa shape index (κ2) is 8.21. The highest BCUT2D eigenvalue weighted by atomic mass is 35.5. The number of morpholine rings is 1. The van der Waals surface area contributed by atoms with E-state index in [0.717, 1.165) is 5.69 Å². The van der Waals surface area contributed by atoms with Gasteiger partial charge in [-0.25, -0.2) is 4.79 Å². The third-order valence-corrected chi connectivity index (χ3v) is 4.47. The van der Waals surface area contributed by atoms with Crippen LogP contribution in [0.5, 0.6) is 0 Å². The van der Waals surface area contributed by atoms with E-state index >= 15 is 0 Å². The molecular formula is C19H19ClN2O4. The normalized spacial score (nSPS) is 14.0. The van der Waals surface area contributed by atoms with Gasteiger partial charge >= 0.3 is 5.97 Å². The van der Waals surface area contributed by atoms with E-state index in [1.807, 2.05) is 0 Å². The van der Waals surface area contributed by atoms with Crippen LogP contribution in [-0.2, 0) is 9.47 Å². The molecule has 0 atom stereocenters. The van der Waals surface area contributed by atoms with Crippen molar-refractivity contribution in [2.24, 2.45) is 0 Å². The van der Waals surface area contributed by atoms with E-state index in [-0.39, 0.29) is 5.91 Å². The molecule has 1 amide bonds. The van der Waals surface area contributed by atoms with Crippen molar-refractivity contribution in [2.45, 2.75) is 0 Å². The molecule has 0 aliphatic carbocycles. The summed E-state index contributed by atoms with van der Waals surface area (Å²) in [6.45, 7) is 2.62. The molecule has 0 spiro atoms. The van der Waals surface area contributed by atoms with Crippen LogP contribution in [0.2, 0.25) is 5.02 Å². The summed E-state index contributed by atoms with van der Waals surface area (Å²) >= 11 is 6.12. The number of anilines is 2. The van der Waals surface area contributed by atoms with Gasteiger partial charge in [-0.2, -0.15) is 0 Å². The zero-order valence-electron chi connectivity index (χ0n) is 14.3. The third-order valence-electron chi connectivity index (χ3n) is 4.14. The van der Waals surface area contributed by atoms with Crippen LogP contribution in [-0.4, -0.2) is 45.3 Å².